The number of nitrogens with one attached hydrogen (secondary N) is 2. The zero-order valence-corrected chi connectivity index (χ0v) is 12.6. The van der Waals surface area contributed by atoms with E-state index in [2.05, 4.69) is 15.8 Å². The van der Waals surface area contributed by atoms with Gasteiger partial charge in [-0.3, -0.25) is 9.59 Å². The van der Waals surface area contributed by atoms with Crippen LogP contribution in [-0.4, -0.2) is 17.5 Å². The highest BCUT2D eigenvalue weighted by atomic mass is 35.5. The van der Waals surface area contributed by atoms with E-state index in [1.807, 2.05) is 0 Å². The van der Waals surface area contributed by atoms with Gasteiger partial charge in [-0.1, -0.05) is 23.7 Å². The summed E-state index contributed by atoms with van der Waals surface area (Å²) in [5, 5.41) is 6.91. The van der Waals surface area contributed by atoms with Gasteiger partial charge in [-0.2, -0.15) is 5.10 Å². The fourth-order valence-electron chi connectivity index (χ4n) is 1.60. The van der Waals surface area contributed by atoms with Crippen molar-refractivity contribution in [2.24, 2.45) is 5.10 Å². The lowest BCUT2D eigenvalue weighted by atomic mass is 10.1. The molecule has 0 aliphatic heterocycles. The van der Waals surface area contributed by atoms with Crippen LogP contribution in [0.4, 0.5) is 0 Å². The van der Waals surface area contributed by atoms with E-state index in [1.165, 1.54) is 6.26 Å². The maximum Gasteiger partial charge on any atom is 0.329 e. The highest BCUT2D eigenvalue weighted by molar-refractivity contribution is 6.35. The summed E-state index contributed by atoms with van der Waals surface area (Å²) in [4.78, 5) is 23.2. The topological polar surface area (TPSA) is 83.7 Å². The van der Waals surface area contributed by atoms with Gasteiger partial charge in [-0.05, 0) is 36.8 Å². The number of hydrogen-bond donors (Lipinski definition) is 2. The van der Waals surface area contributed by atoms with E-state index in [4.69, 9.17) is 16.0 Å². The zero-order valence-electron chi connectivity index (χ0n) is 11.8. The molecule has 0 unspecified atom stereocenters. The number of amides is 2. The van der Waals surface area contributed by atoms with Gasteiger partial charge in [0.1, 0.15) is 5.76 Å². The summed E-state index contributed by atoms with van der Waals surface area (Å²) in [6, 6.07) is 10.4. The van der Waals surface area contributed by atoms with Gasteiger partial charge in [0.15, 0.2) is 0 Å². The molecule has 0 radical (unpaired) electrons. The van der Waals surface area contributed by atoms with Gasteiger partial charge in [-0.15, -0.1) is 0 Å². The van der Waals surface area contributed by atoms with Crippen LogP contribution in [0.15, 0.2) is 52.2 Å². The van der Waals surface area contributed by atoms with E-state index >= 15 is 0 Å². The molecule has 114 valence electrons. The first-order valence-electron chi connectivity index (χ1n) is 6.47. The number of benzene rings is 1. The Morgan fingerprint density at radius 2 is 1.91 bits per heavy atom. The van der Waals surface area contributed by atoms with Crippen molar-refractivity contribution >= 4 is 29.1 Å². The molecule has 1 heterocycles. The first-order valence-corrected chi connectivity index (χ1v) is 6.85. The number of halogens is 1. The molecular formula is C15H14ClN3O3. The van der Waals surface area contributed by atoms with Crippen molar-refractivity contribution in [1.82, 2.24) is 10.7 Å². The normalized spacial score (nSPS) is 11.1. The van der Waals surface area contributed by atoms with Gasteiger partial charge in [0.25, 0.3) is 0 Å². The smallest absolute Gasteiger partial charge is 0.329 e. The minimum absolute atomic E-state index is 0.138. The van der Waals surface area contributed by atoms with Crippen molar-refractivity contribution in [3.8, 4) is 0 Å². The maximum absolute atomic E-state index is 11.6. The molecule has 0 saturated heterocycles. The molecule has 1 aromatic carbocycles. The van der Waals surface area contributed by atoms with Crippen molar-refractivity contribution in [2.45, 2.75) is 13.5 Å². The number of rotatable bonds is 4. The number of nitrogens with zero attached hydrogens (tertiary/aromatic N) is 1. The molecule has 1 aromatic heterocycles. The number of hydrogen-bond acceptors (Lipinski definition) is 4. The van der Waals surface area contributed by atoms with Crippen LogP contribution in [0.2, 0.25) is 5.02 Å². The van der Waals surface area contributed by atoms with Crippen LogP contribution < -0.4 is 10.7 Å². The monoisotopic (exact) mass is 319 g/mol. The van der Waals surface area contributed by atoms with Gasteiger partial charge < -0.3 is 9.73 Å². The Morgan fingerprint density at radius 1 is 1.18 bits per heavy atom. The molecule has 6 nitrogen and oxygen atoms in total. The Balaban J connectivity index is 1.86. The summed E-state index contributed by atoms with van der Waals surface area (Å²) in [6.07, 6.45) is 1.49. The van der Waals surface area contributed by atoms with E-state index in [9.17, 15) is 9.59 Å². The number of hydrazone groups is 1. The van der Waals surface area contributed by atoms with Crippen LogP contribution in [0, 0.1) is 0 Å². The van der Waals surface area contributed by atoms with Crippen LogP contribution in [0.1, 0.15) is 18.2 Å². The standard InChI is InChI=1S/C15H14ClN3O3/c1-10(11-4-6-12(16)7-5-11)18-19-15(21)14(20)17-9-13-3-2-8-22-13/h2-8H,9H2,1H3,(H,17,20)(H,19,21)/b18-10-. The highest BCUT2D eigenvalue weighted by Crippen LogP contribution is 2.10. The fourth-order valence-corrected chi connectivity index (χ4v) is 1.73. The number of carbonyl (C=O) groups excluding carboxylic acids is 2. The molecule has 2 rings (SSSR count). The molecule has 0 aliphatic rings. The molecule has 22 heavy (non-hydrogen) atoms. The second kappa shape index (κ2) is 7.42. The Labute approximate surface area is 132 Å². The van der Waals surface area contributed by atoms with E-state index in [1.54, 1.807) is 43.3 Å². The largest absolute Gasteiger partial charge is 0.467 e. The lowest BCUT2D eigenvalue weighted by Gasteiger charge is -2.04. The molecule has 7 heteroatoms. The third kappa shape index (κ3) is 4.46. The second-order valence-corrected chi connectivity index (χ2v) is 4.84. The Hall–Kier alpha value is -2.60. The van der Waals surface area contributed by atoms with Gasteiger partial charge >= 0.3 is 11.8 Å². The average Bonchev–Trinajstić information content (AvgIpc) is 3.04. The third-order valence-corrected chi connectivity index (χ3v) is 3.05. The second-order valence-electron chi connectivity index (χ2n) is 4.41. The summed E-state index contributed by atoms with van der Waals surface area (Å²) in [5.74, 6) is -1.08. The van der Waals surface area contributed by atoms with E-state index in [0.29, 0.717) is 16.5 Å². The van der Waals surface area contributed by atoms with E-state index in [0.717, 1.165) is 5.56 Å². The molecule has 0 spiro atoms. The van der Waals surface area contributed by atoms with Crippen molar-refractivity contribution in [2.75, 3.05) is 0 Å². The minimum Gasteiger partial charge on any atom is -0.467 e. The molecular weight excluding hydrogens is 306 g/mol. The SMILES string of the molecule is C/C(=N/NC(=O)C(=O)NCc1ccco1)c1ccc(Cl)cc1. The van der Waals surface area contributed by atoms with Crippen LogP contribution in [0.3, 0.4) is 0 Å². The minimum atomic E-state index is -0.847. The predicted molar refractivity (Wildman–Crippen MR) is 82.4 cm³/mol. The lowest BCUT2D eigenvalue weighted by Crippen LogP contribution is -2.37. The molecule has 0 fully saturated rings. The number of carbonyl (C=O) groups is 2. The Kier molecular flexibility index (Phi) is 5.32. The average molecular weight is 320 g/mol. The number of furan rings is 1. The summed E-state index contributed by atoms with van der Waals surface area (Å²) >= 11 is 5.79. The summed E-state index contributed by atoms with van der Waals surface area (Å²) in [7, 11) is 0. The first kappa shape index (κ1) is 15.8. The van der Waals surface area contributed by atoms with Crippen molar-refractivity contribution < 1.29 is 14.0 Å². The Bertz CT molecular complexity index is 679. The zero-order chi connectivity index (χ0) is 15.9. The molecule has 2 aromatic rings. The van der Waals surface area contributed by atoms with Crippen LogP contribution >= 0.6 is 11.6 Å². The quantitative estimate of drug-likeness (QED) is 0.514. The third-order valence-electron chi connectivity index (χ3n) is 2.80. The molecule has 2 N–H and O–H groups in total. The fraction of sp³-hybridized carbons (Fsp3) is 0.133. The summed E-state index contributed by atoms with van der Waals surface area (Å²) in [6.45, 7) is 1.85. The van der Waals surface area contributed by atoms with Crippen LogP contribution in [-0.2, 0) is 16.1 Å². The summed E-state index contributed by atoms with van der Waals surface area (Å²) in [5.41, 5.74) is 3.55. The molecule has 0 saturated carbocycles. The lowest BCUT2D eigenvalue weighted by molar-refractivity contribution is -0.139. The van der Waals surface area contributed by atoms with Gasteiger partial charge in [0.05, 0.1) is 18.5 Å². The summed E-state index contributed by atoms with van der Waals surface area (Å²) < 4.78 is 5.04. The predicted octanol–water partition coefficient (Wildman–Crippen LogP) is 2.09. The van der Waals surface area contributed by atoms with Crippen molar-refractivity contribution in [3.63, 3.8) is 0 Å². The van der Waals surface area contributed by atoms with Crippen LogP contribution in [0.25, 0.3) is 0 Å². The maximum atomic E-state index is 11.6. The van der Waals surface area contributed by atoms with Crippen molar-refractivity contribution in [3.05, 3.63) is 59.0 Å². The van der Waals surface area contributed by atoms with E-state index in [-0.39, 0.29) is 6.54 Å². The Morgan fingerprint density at radius 3 is 2.55 bits per heavy atom. The molecule has 0 atom stereocenters. The van der Waals surface area contributed by atoms with Crippen molar-refractivity contribution in [1.29, 1.82) is 0 Å². The first-order chi connectivity index (χ1) is 10.6. The highest BCUT2D eigenvalue weighted by Gasteiger charge is 2.13. The van der Waals surface area contributed by atoms with Crippen LogP contribution in [0.5, 0.6) is 0 Å². The molecule has 2 amide bonds. The molecule has 0 aliphatic carbocycles. The van der Waals surface area contributed by atoms with Gasteiger partial charge in [-0.25, -0.2) is 5.43 Å². The molecule has 0 bridgehead atoms. The van der Waals surface area contributed by atoms with Gasteiger partial charge in [0, 0.05) is 5.02 Å². The van der Waals surface area contributed by atoms with E-state index < -0.39 is 11.8 Å². The van der Waals surface area contributed by atoms with Gasteiger partial charge in [0.2, 0.25) is 0 Å².